The van der Waals surface area contributed by atoms with E-state index >= 15 is 0 Å². The van der Waals surface area contributed by atoms with Crippen LogP contribution in [0.25, 0.3) is 6.08 Å². The van der Waals surface area contributed by atoms with Crippen LogP contribution in [-0.2, 0) is 18.0 Å². The fraction of sp³-hybridized carbons (Fsp3) is 0.0968. The number of hydrogen-bond donors (Lipinski definition) is 1. The SMILES string of the molecule is COc1cc(/C=C(\C#N)C(=O)Nc2ccc(OCc3ccccc3Cl)cc2)cc(Br)c1OCc1ccc(F)cc1. The third-order valence-corrected chi connectivity index (χ3v) is 6.65. The molecule has 4 aromatic rings. The molecule has 0 saturated carbocycles. The second-order valence-electron chi connectivity index (χ2n) is 8.48. The fourth-order valence-electron chi connectivity index (χ4n) is 3.62. The average molecular weight is 622 g/mol. The Bertz CT molecular complexity index is 1570. The van der Waals surface area contributed by atoms with E-state index < -0.39 is 5.91 Å². The zero-order valence-corrected chi connectivity index (χ0v) is 23.6. The molecule has 0 spiro atoms. The fourth-order valence-corrected chi connectivity index (χ4v) is 4.39. The molecule has 4 rings (SSSR count). The molecular weight excluding hydrogens is 599 g/mol. The number of halogens is 3. The quantitative estimate of drug-likeness (QED) is 0.144. The maximum absolute atomic E-state index is 13.2. The van der Waals surface area contributed by atoms with Crippen molar-refractivity contribution in [3.8, 4) is 23.3 Å². The Balaban J connectivity index is 1.42. The molecule has 202 valence electrons. The highest BCUT2D eigenvalue weighted by molar-refractivity contribution is 9.10. The second kappa shape index (κ2) is 13.7. The number of anilines is 1. The van der Waals surface area contributed by atoms with Gasteiger partial charge in [-0.3, -0.25) is 4.79 Å². The van der Waals surface area contributed by atoms with Gasteiger partial charge in [0.1, 0.15) is 36.4 Å². The van der Waals surface area contributed by atoms with E-state index in [-0.39, 0.29) is 18.0 Å². The van der Waals surface area contributed by atoms with Crippen LogP contribution in [0.4, 0.5) is 10.1 Å². The lowest BCUT2D eigenvalue weighted by Crippen LogP contribution is -2.13. The van der Waals surface area contributed by atoms with Crippen molar-refractivity contribution in [3.63, 3.8) is 0 Å². The van der Waals surface area contributed by atoms with Crippen molar-refractivity contribution in [1.82, 2.24) is 0 Å². The highest BCUT2D eigenvalue weighted by atomic mass is 79.9. The topological polar surface area (TPSA) is 80.6 Å². The standard InChI is InChI=1S/C31H23BrClFN2O4/c1-38-29-16-21(15-27(32)30(29)40-18-20-6-8-24(34)9-7-20)14-23(17-35)31(37)36-25-10-12-26(13-11-25)39-19-22-4-2-3-5-28(22)33/h2-16H,18-19H2,1H3,(H,36,37)/b23-14+. The number of nitriles is 1. The van der Waals surface area contributed by atoms with Gasteiger partial charge in [-0.15, -0.1) is 0 Å². The van der Waals surface area contributed by atoms with Gasteiger partial charge in [0.25, 0.3) is 5.91 Å². The highest BCUT2D eigenvalue weighted by Crippen LogP contribution is 2.38. The van der Waals surface area contributed by atoms with Crippen molar-refractivity contribution >= 4 is 45.2 Å². The minimum absolute atomic E-state index is 0.104. The third kappa shape index (κ3) is 7.63. The van der Waals surface area contributed by atoms with Gasteiger partial charge in [-0.05, 0) is 87.7 Å². The van der Waals surface area contributed by atoms with Gasteiger partial charge >= 0.3 is 0 Å². The molecule has 0 unspecified atom stereocenters. The molecular formula is C31H23BrClFN2O4. The van der Waals surface area contributed by atoms with Crippen LogP contribution >= 0.6 is 27.5 Å². The van der Waals surface area contributed by atoms with E-state index in [1.165, 1.54) is 25.3 Å². The number of nitrogens with one attached hydrogen (secondary N) is 1. The van der Waals surface area contributed by atoms with Gasteiger partial charge in [0.2, 0.25) is 0 Å². The maximum Gasteiger partial charge on any atom is 0.266 e. The normalized spacial score (nSPS) is 10.9. The van der Waals surface area contributed by atoms with Crippen LogP contribution in [0.1, 0.15) is 16.7 Å². The second-order valence-corrected chi connectivity index (χ2v) is 9.74. The predicted octanol–water partition coefficient (Wildman–Crippen LogP) is 7.95. The number of hydrogen-bond acceptors (Lipinski definition) is 5. The van der Waals surface area contributed by atoms with Gasteiger partial charge in [0.15, 0.2) is 11.5 Å². The summed E-state index contributed by atoms with van der Waals surface area (Å²) >= 11 is 9.63. The summed E-state index contributed by atoms with van der Waals surface area (Å²) in [5.74, 6) is 0.537. The van der Waals surface area contributed by atoms with Crippen molar-refractivity contribution < 1.29 is 23.4 Å². The Morgan fingerprint density at radius 3 is 2.42 bits per heavy atom. The van der Waals surface area contributed by atoms with Crippen molar-refractivity contribution in [2.75, 3.05) is 12.4 Å². The van der Waals surface area contributed by atoms with Gasteiger partial charge in [0.05, 0.1) is 11.6 Å². The Labute approximate surface area is 244 Å². The molecule has 0 aromatic heterocycles. The average Bonchev–Trinajstić information content (AvgIpc) is 2.96. The van der Waals surface area contributed by atoms with Crippen LogP contribution in [-0.4, -0.2) is 13.0 Å². The first-order chi connectivity index (χ1) is 19.4. The van der Waals surface area contributed by atoms with Gasteiger partial charge in [-0.2, -0.15) is 5.26 Å². The number of carbonyl (C=O) groups is 1. The van der Waals surface area contributed by atoms with Crippen molar-refractivity contribution in [2.45, 2.75) is 13.2 Å². The molecule has 0 aliphatic heterocycles. The van der Waals surface area contributed by atoms with E-state index in [0.29, 0.717) is 44.6 Å². The molecule has 4 aromatic carbocycles. The number of nitrogens with zero attached hydrogens (tertiary/aromatic N) is 1. The Hall–Kier alpha value is -4.32. The third-order valence-electron chi connectivity index (χ3n) is 5.69. The Morgan fingerprint density at radius 1 is 1.02 bits per heavy atom. The molecule has 0 atom stereocenters. The van der Waals surface area contributed by atoms with Crippen LogP contribution < -0.4 is 19.5 Å². The molecule has 0 saturated heterocycles. The first-order valence-corrected chi connectivity index (χ1v) is 13.2. The van der Waals surface area contributed by atoms with Gasteiger partial charge in [-0.1, -0.05) is 41.9 Å². The zero-order valence-electron chi connectivity index (χ0n) is 21.3. The summed E-state index contributed by atoms with van der Waals surface area (Å²) in [6.45, 7) is 0.502. The lowest BCUT2D eigenvalue weighted by molar-refractivity contribution is -0.112. The van der Waals surface area contributed by atoms with E-state index in [1.807, 2.05) is 24.3 Å². The van der Waals surface area contributed by atoms with Gasteiger partial charge < -0.3 is 19.5 Å². The summed E-state index contributed by atoms with van der Waals surface area (Å²) < 4.78 is 30.8. The van der Waals surface area contributed by atoms with E-state index in [0.717, 1.165) is 11.1 Å². The molecule has 0 aliphatic carbocycles. The van der Waals surface area contributed by atoms with Gasteiger partial charge in [0, 0.05) is 16.3 Å². The van der Waals surface area contributed by atoms with E-state index in [2.05, 4.69) is 21.2 Å². The molecule has 6 nitrogen and oxygen atoms in total. The van der Waals surface area contributed by atoms with E-state index in [1.54, 1.807) is 54.6 Å². The number of methoxy groups -OCH3 is 1. The van der Waals surface area contributed by atoms with Crippen LogP contribution in [0.3, 0.4) is 0 Å². The number of rotatable bonds is 10. The zero-order chi connectivity index (χ0) is 28.5. The smallest absolute Gasteiger partial charge is 0.266 e. The highest BCUT2D eigenvalue weighted by Gasteiger charge is 2.15. The number of benzene rings is 4. The molecule has 1 amide bonds. The van der Waals surface area contributed by atoms with Crippen LogP contribution in [0, 0.1) is 17.1 Å². The number of amides is 1. The molecule has 0 radical (unpaired) electrons. The minimum atomic E-state index is -0.570. The molecule has 40 heavy (non-hydrogen) atoms. The van der Waals surface area contributed by atoms with Crippen molar-refractivity contribution in [2.24, 2.45) is 0 Å². The molecule has 1 N–H and O–H groups in total. The lowest BCUT2D eigenvalue weighted by Gasteiger charge is -2.14. The molecule has 9 heteroatoms. The minimum Gasteiger partial charge on any atom is -0.493 e. The van der Waals surface area contributed by atoms with Crippen LogP contribution in [0.15, 0.2) is 95.0 Å². The molecule has 0 bridgehead atoms. The van der Waals surface area contributed by atoms with E-state index in [4.69, 9.17) is 25.8 Å². The molecule has 0 heterocycles. The largest absolute Gasteiger partial charge is 0.493 e. The summed E-state index contributed by atoms with van der Waals surface area (Å²) in [6.07, 6.45) is 1.45. The number of ether oxygens (including phenoxy) is 3. The van der Waals surface area contributed by atoms with Crippen LogP contribution in [0.5, 0.6) is 17.2 Å². The maximum atomic E-state index is 13.2. The number of carbonyl (C=O) groups excluding carboxylic acids is 1. The van der Waals surface area contributed by atoms with E-state index in [9.17, 15) is 14.4 Å². The Morgan fingerprint density at radius 2 is 1.75 bits per heavy atom. The monoisotopic (exact) mass is 620 g/mol. The van der Waals surface area contributed by atoms with Crippen LogP contribution in [0.2, 0.25) is 5.02 Å². The summed E-state index contributed by atoms with van der Waals surface area (Å²) in [5, 5.41) is 13.0. The van der Waals surface area contributed by atoms with Crippen molar-refractivity contribution in [1.29, 1.82) is 5.26 Å². The first kappa shape index (κ1) is 28.7. The molecule has 0 aliphatic rings. The van der Waals surface area contributed by atoms with Crippen molar-refractivity contribution in [3.05, 3.63) is 123 Å². The van der Waals surface area contributed by atoms with Gasteiger partial charge in [-0.25, -0.2) is 4.39 Å². The lowest BCUT2D eigenvalue weighted by atomic mass is 10.1. The summed E-state index contributed by atoms with van der Waals surface area (Å²) in [4.78, 5) is 12.8. The Kier molecular flexibility index (Phi) is 9.79. The predicted molar refractivity (Wildman–Crippen MR) is 156 cm³/mol. The summed E-state index contributed by atoms with van der Waals surface area (Å²) in [6, 6.07) is 25.5. The molecule has 0 fully saturated rings. The summed E-state index contributed by atoms with van der Waals surface area (Å²) in [5.41, 5.74) is 2.59. The summed E-state index contributed by atoms with van der Waals surface area (Å²) in [7, 11) is 1.49. The first-order valence-electron chi connectivity index (χ1n) is 12.0.